The van der Waals surface area contributed by atoms with Crippen molar-refractivity contribution in [1.29, 1.82) is 0 Å². The predicted octanol–water partition coefficient (Wildman–Crippen LogP) is 3.72. The second kappa shape index (κ2) is 9.57. The average molecular weight is 452 g/mol. The molecule has 33 heavy (non-hydrogen) atoms. The summed E-state index contributed by atoms with van der Waals surface area (Å²) in [7, 11) is 0. The quantitative estimate of drug-likeness (QED) is 0.669. The molecule has 6 nitrogen and oxygen atoms in total. The first-order chi connectivity index (χ1) is 16.0. The normalized spacial score (nSPS) is 32.6. The standard InChI is InChI=1S/C27H37N3O3/c1-17-5-4-7-21(13-17)28-23-8-3-2-6-19(23)14-18-9-10-22-20(15-18)16-30(27(22)33)24-11-12-25(31)29-26(24)32/h9-10,15,17,19,21,23-24,28H,2-8,11-14,16H2,1H3,(H,29,31,32)/t17-,19+,21+,23-,24?/m0/s1. The summed E-state index contributed by atoms with van der Waals surface area (Å²) in [6.45, 7) is 2.84. The summed E-state index contributed by atoms with van der Waals surface area (Å²) < 4.78 is 0. The van der Waals surface area contributed by atoms with Gasteiger partial charge in [0.1, 0.15) is 6.04 Å². The molecule has 3 fully saturated rings. The summed E-state index contributed by atoms with van der Waals surface area (Å²) in [5, 5.41) is 6.42. The van der Waals surface area contributed by atoms with E-state index in [2.05, 4.69) is 29.7 Å². The number of nitrogens with one attached hydrogen (secondary N) is 2. The lowest BCUT2D eigenvalue weighted by atomic mass is 9.79. The van der Waals surface area contributed by atoms with E-state index in [4.69, 9.17) is 0 Å². The van der Waals surface area contributed by atoms with Crippen LogP contribution in [0.15, 0.2) is 18.2 Å². The Labute approximate surface area is 196 Å². The van der Waals surface area contributed by atoms with E-state index < -0.39 is 6.04 Å². The number of amides is 3. The molecule has 1 saturated heterocycles. The van der Waals surface area contributed by atoms with Crippen molar-refractivity contribution in [2.24, 2.45) is 11.8 Å². The van der Waals surface area contributed by atoms with E-state index in [1.54, 1.807) is 4.90 Å². The fourth-order valence-electron chi connectivity index (χ4n) is 6.62. The van der Waals surface area contributed by atoms with Crippen LogP contribution in [0.2, 0.25) is 0 Å². The van der Waals surface area contributed by atoms with E-state index in [1.807, 2.05) is 6.07 Å². The van der Waals surface area contributed by atoms with Gasteiger partial charge in [-0.2, -0.15) is 0 Å². The number of fused-ring (bicyclic) bond motifs is 1. The van der Waals surface area contributed by atoms with Crippen molar-refractivity contribution in [2.75, 3.05) is 0 Å². The molecule has 0 radical (unpaired) electrons. The summed E-state index contributed by atoms with van der Waals surface area (Å²) in [4.78, 5) is 38.4. The molecule has 5 atom stereocenters. The van der Waals surface area contributed by atoms with Gasteiger partial charge in [0.2, 0.25) is 11.8 Å². The zero-order valence-corrected chi connectivity index (χ0v) is 19.8. The second-order valence-electron chi connectivity index (χ2n) is 10.9. The van der Waals surface area contributed by atoms with Crippen molar-refractivity contribution in [1.82, 2.24) is 15.5 Å². The van der Waals surface area contributed by atoms with Crippen molar-refractivity contribution in [3.63, 3.8) is 0 Å². The van der Waals surface area contributed by atoms with Crippen molar-refractivity contribution in [3.05, 3.63) is 34.9 Å². The van der Waals surface area contributed by atoms with Gasteiger partial charge in [-0.05, 0) is 67.6 Å². The van der Waals surface area contributed by atoms with Gasteiger partial charge in [0.05, 0.1) is 0 Å². The maximum absolute atomic E-state index is 13.0. The molecule has 5 rings (SSSR count). The van der Waals surface area contributed by atoms with Crippen LogP contribution >= 0.6 is 0 Å². The number of rotatable bonds is 5. The first kappa shape index (κ1) is 22.6. The Kier molecular flexibility index (Phi) is 6.55. The zero-order chi connectivity index (χ0) is 22.9. The Morgan fingerprint density at radius 3 is 2.70 bits per heavy atom. The first-order valence-electron chi connectivity index (χ1n) is 13.0. The summed E-state index contributed by atoms with van der Waals surface area (Å²) in [5.74, 6) is 0.786. The van der Waals surface area contributed by atoms with Gasteiger partial charge in [0.15, 0.2) is 0 Å². The highest BCUT2D eigenvalue weighted by Gasteiger charge is 2.39. The van der Waals surface area contributed by atoms with E-state index in [0.29, 0.717) is 36.5 Å². The van der Waals surface area contributed by atoms with Crippen LogP contribution in [-0.2, 0) is 22.6 Å². The van der Waals surface area contributed by atoms with Gasteiger partial charge in [-0.15, -0.1) is 0 Å². The van der Waals surface area contributed by atoms with Crippen molar-refractivity contribution >= 4 is 17.7 Å². The Morgan fingerprint density at radius 2 is 1.88 bits per heavy atom. The lowest BCUT2D eigenvalue weighted by Crippen LogP contribution is -2.52. The third-order valence-corrected chi connectivity index (χ3v) is 8.38. The number of hydrogen-bond donors (Lipinski definition) is 2. The molecule has 6 heteroatoms. The molecule has 2 N–H and O–H groups in total. The topological polar surface area (TPSA) is 78.5 Å². The van der Waals surface area contributed by atoms with E-state index in [-0.39, 0.29) is 24.1 Å². The van der Waals surface area contributed by atoms with E-state index in [1.165, 1.54) is 56.9 Å². The van der Waals surface area contributed by atoms with Gasteiger partial charge >= 0.3 is 0 Å². The number of carbonyl (C=O) groups excluding carboxylic acids is 3. The molecule has 1 unspecified atom stereocenters. The summed E-state index contributed by atoms with van der Waals surface area (Å²) >= 11 is 0. The molecule has 2 aliphatic carbocycles. The van der Waals surface area contributed by atoms with Crippen LogP contribution in [0.3, 0.4) is 0 Å². The molecular weight excluding hydrogens is 414 g/mol. The SMILES string of the molecule is C[C@H]1CCC[C@@H](N[C@H]2CCCC[C@@H]2Cc2ccc3c(c2)CN(C2CCC(=O)NC2=O)C3=O)C1. The Bertz CT molecular complexity index is 929. The number of nitrogens with zero attached hydrogens (tertiary/aromatic N) is 1. The highest BCUT2D eigenvalue weighted by atomic mass is 16.2. The van der Waals surface area contributed by atoms with Crippen LogP contribution in [0.5, 0.6) is 0 Å². The van der Waals surface area contributed by atoms with Crippen LogP contribution in [0.25, 0.3) is 0 Å². The van der Waals surface area contributed by atoms with Crippen LogP contribution in [-0.4, -0.2) is 40.7 Å². The maximum Gasteiger partial charge on any atom is 0.255 e. The number of hydrogen-bond acceptors (Lipinski definition) is 4. The fourth-order valence-corrected chi connectivity index (χ4v) is 6.62. The summed E-state index contributed by atoms with van der Waals surface area (Å²) in [6, 6.07) is 6.96. The number of benzene rings is 1. The van der Waals surface area contributed by atoms with Gasteiger partial charge in [-0.25, -0.2) is 0 Å². The molecule has 2 aliphatic heterocycles. The van der Waals surface area contributed by atoms with Crippen LogP contribution in [0.4, 0.5) is 0 Å². The van der Waals surface area contributed by atoms with Gasteiger partial charge in [0.25, 0.3) is 5.91 Å². The summed E-state index contributed by atoms with van der Waals surface area (Å²) in [6.07, 6.45) is 12.2. The average Bonchev–Trinajstić information content (AvgIpc) is 3.11. The highest BCUT2D eigenvalue weighted by Crippen LogP contribution is 2.33. The minimum Gasteiger partial charge on any atom is -0.322 e. The molecule has 2 saturated carbocycles. The molecule has 3 amide bonds. The van der Waals surface area contributed by atoms with Crippen LogP contribution < -0.4 is 10.6 Å². The van der Waals surface area contributed by atoms with Crippen molar-refractivity contribution in [3.8, 4) is 0 Å². The monoisotopic (exact) mass is 451 g/mol. The fraction of sp³-hybridized carbons (Fsp3) is 0.667. The van der Waals surface area contributed by atoms with Gasteiger partial charge in [-0.1, -0.05) is 44.7 Å². The van der Waals surface area contributed by atoms with Gasteiger partial charge in [-0.3, -0.25) is 19.7 Å². The first-order valence-corrected chi connectivity index (χ1v) is 13.0. The third-order valence-electron chi connectivity index (χ3n) is 8.38. The van der Waals surface area contributed by atoms with E-state index in [0.717, 1.165) is 17.9 Å². The smallest absolute Gasteiger partial charge is 0.255 e. The molecule has 178 valence electrons. The van der Waals surface area contributed by atoms with E-state index >= 15 is 0 Å². The number of piperidine rings is 1. The molecule has 0 bridgehead atoms. The Hall–Kier alpha value is -2.21. The number of carbonyl (C=O) groups is 3. The van der Waals surface area contributed by atoms with Gasteiger partial charge in [0, 0.05) is 30.6 Å². The largest absolute Gasteiger partial charge is 0.322 e. The summed E-state index contributed by atoms with van der Waals surface area (Å²) in [5.41, 5.74) is 3.02. The van der Waals surface area contributed by atoms with Crippen LogP contribution in [0.1, 0.15) is 92.6 Å². The lowest BCUT2D eigenvalue weighted by molar-refractivity contribution is -0.136. The minimum atomic E-state index is -0.546. The molecule has 2 heterocycles. The molecule has 0 spiro atoms. The van der Waals surface area contributed by atoms with Crippen molar-refractivity contribution in [2.45, 2.75) is 102 Å². The minimum absolute atomic E-state index is 0.0883. The predicted molar refractivity (Wildman–Crippen MR) is 126 cm³/mol. The number of imide groups is 1. The molecular formula is C27H37N3O3. The molecule has 4 aliphatic rings. The highest BCUT2D eigenvalue weighted by molar-refractivity contribution is 6.05. The molecule has 0 aromatic heterocycles. The molecule has 1 aromatic carbocycles. The maximum atomic E-state index is 13.0. The van der Waals surface area contributed by atoms with Crippen LogP contribution in [0, 0.1) is 11.8 Å². The molecule has 1 aromatic rings. The van der Waals surface area contributed by atoms with Gasteiger partial charge < -0.3 is 10.2 Å². The zero-order valence-electron chi connectivity index (χ0n) is 19.8. The van der Waals surface area contributed by atoms with Crippen molar-refractivity contribution < 1.29 is 14.4 Å². The third kappa shape index (κ3) is 4.86. The van der Waals surface area contributed by atoms with E-state index in [9.17, 15) is 14.4 Å². The lowest BCUT2D eigenvalue weighted by Gasteiger charge is -2.38. The second-order valence-corrected chi connectivity index (χ2v) is 10.9. The Balaban J connectivity index is 1.25. The Morgan fingerprint density at radius 1 is 1.03 bits per heavy atom.